The normalized spacial score (nSPS) is 9.92. The van der Waals surface area contributed by atoms with Gasteiger partial charge in [0.25, 0.3) is 0 Å². The van der Waals surface area contributed by atoms with Gasteiger partial charge >= 0.3 is 0 Å². The average molecular weight is 299 g/mol. The molecule has 1 aromatic rings. The topological polar surface area (TPSA) is 43.1 Å². The summed E-state index contributed by atoms with van der Waals surface area (Å²) in [5.41, 5.74) is 5.09. The third-order valence-electron chi connectivity index (χ3n) is 1.26. The van der Waals surface area contributed by atoms with Crippen LogP contribution in [0.15, 0.2) is 12.1 Å². The number of hydrogen-bond acceptors (Lipinski definition) is 1. The van der Waals surface area contributed by atoms with Gasteiger partial charge in [0, 0.05) is 5.02 Å². The fourth-order valence-electron chi connectivity index (χ4n) is 0.735. The van der Waals surface area contributed by atoms with E-state index in [2.05, 4.69) is 0 Å². The second-order valence-corrected chi connectivity index (χ2v) is 3.63. The van der Waals surface area contributed by atoms with Crippen molar-refractivity contribution < 1.29 is 9.18 Å². The molecule has 5 heteroatoms. The van der Waals surface area contributed by atoms with Crippen molar-refractivity contribution in [2.24, 2.45) is 5.73 Å². The van der Waals surface area contributed by atoms with Crippen LogP contribution in [0, 0.1) is 9.39 Å². The van der Waals surface area contributed by atoms with Crippen LogP contribution in [0.2, 0.25) is 5.02 Å². The number of hydrogen-bond donors (Lipinski definition) is 1. The highest BCUT2D eigenvalue weighted by Crippen LogP contribution is 2.21. The molecule has 0 bridgehead atoms. The van der Waals surface area contributed by atoms with Gasteiger partial charge in [0.2, 0.25) is 5.91 Å². The largest absolute Gasteiger partial charge is 0.366 e. The molecule has 0 radical (unpaired) electrons. The molecule has 12 heavy (non-hydrogen) atoms. The Bertz CT molecular complexity index is 342. The maximum Gasteiger partial charge on any atom is 0.249 e. The summed E-state index contributed by atoms with van der Waals surface area (Å²) in [4.78, 5) is 10.7. The first-order valence-corrected chi connectivity index (χ1v) is 4.42. The maximum absolute atomic E-state index is 12.9. The van der Waals surface area contributed by atoms with E-state index in [-0.39, 0.29) is 14.2 Å². The number of rotatable bonds is 1. The molecule has 1 rings (SSSR count). The van der Waals surface area contributed by atoms with Gasteiger partial charge in [0.1, 0.15) is 5.82 Å². The first-order valence-electron chi connectivity index (χ1n) is 2.96. The van der Waals surface area contributed by atoms with E-state index in [1.807, 2.05) is 0 Å². The van der Waals surface area contributed by atoms with E-state index in [9.17, 15) is 9.18 Å². The van der Waals surface area contributed by atoms with Crippen molar-refractivity contribution in [3.05, 3.63) is 32.1 Å². The van der Waals surface area contributed by atoms with Gasteiger partial charge in [0.05, 0.1) is 9.13 Å². The maximum atomic E-state index is 12.9. The molecular weight excluding hydrogens is 295 g/mol. The van der Waals surface area contributed by atoms with E-state index in [4.69, 9.17) is 17.3 Å². The minimum atomic E-state index is -0.680. The first kappa shape index (κ1) is 9.73. The van der Waals surface area contributed by atoms with E-state index in [1.54, 1.807) is 22.6 Å². The van der Waals surface area contributed by atoms with Crippen molar-refractivity contribution in [1.82, 2.24) is 0 Å². The van der Waals surface area contributed by atoms with E-state index in [1.165, 1.54) is 6.07 Å². The van der Waals surface area contributed by atoms with Gasteiger partial charge in [-0.2, -0.15) is 0 Å². The third kappa shape index (κ3) is 1.87. The lowest BCUT2D eigenvalue weighted by molar-refractivity contribution is 0.0999. The Morgan fingerprint density at radius 1 is 1.58 bits per heavy atom. The third-order valence-corrected chi connectivity index (χ3v) is 2.57. The monoisotopic (exact) mass is 299 g/mol. The van der Waals surface area contributed by atoms with Gasteiger partial charge in [-0.25, -0.2) is 4.39 Å². The highest BCUT2D eigenvalue weighted by Gasteiger charge is 2.11. The highest BCUT2D eigenvalue weighted by atomic mass is 127. The van der Waals surface area contributed by atoms with Gasteiger partial charge in [-0.05, 0) is 34.7 Å². The molecule has 0 spiro atoms. The molecule has 2 N–H and O–H groups in total. The molecule has 0 saturated heterocycles. The molecule has 0 heterocycles. The second-order valence-electron chi connectivity index (χ2n) is 2.11. The summed E-state index contributed by atoms with van der Waals surface area (Å²) in [7, 11) is 0. The van der Waals surface area contributed by atoms with E-state index in [0.29, 0.717) is 0 Å². The lowest BCUT2D eigenvalue weighted by atomic mass is 10.2. The molecule has 0 aliphatic heterocycles. The van der Waals surface area contributed by atoms with Crippen LogP contribution in [0.5, 0.6) is 0 Å². The predicted molar refractivity (Wildman–Crippen MR) is 52.6 cm³/mol. The molecule has 0 aliphatic carbocycles. The predicted octanol–water partition coefficient (Wildman–Crippen LogP) is 2.18. The molecule has 0 saturated carbocycles. The summed E-state index contributed by atoms with van der Waals surface area (Å²) >= 11 is 7.22. The summed E-state index contributed by atoms with van der Waals surface area (Å²) < 4.78 is 13.1. The Morgan fingerprint density at radius 3 is 2.67 bits per heavy atom. The zero-order valence-corrected chi connectivity index (χ0v) is 8.69. The van der Waals surface area contributed by atoms with Gasteiger partial charge in [0.15, 0.2) is 0 Å². The van der Waals surface area contributed by atoms with Crippen LogP contribution in [0.1, 0.15) is 10.4 Å². The van der Waals surface area contributed by atoms with Crippen LogP contribution in [0.4, 0.5) is 4.39 Å². The molecule has 2 nitrogen and oxygen atoms in total. The summed E-state index contributed by atoms with van der Waals surface area (Å²) in [5.74, 6) is -1.21. The van der Waals surface area contributed by atoms with Crippen LogP contribution < -0.4 is 5.73 Å². The molecule has 0 atom stereocenters. The molecular formula is C7H4ClFINO. The van der Waals surface area contributed by atoms with Crippen LogP contribution >= 0.6 is 34.2 Å². The molecule has 0 aliphatic rings. The van der Waals surface area contributed by atoms with Crippen molar-refractivity contribution in [1.29, 1.82) is 0 Å². The number of halogens is 3. The van der Waals surface area contributed by atoms with Crippen LogP contribution in [0.3, 0.4) is 0 Å². The van der Waals surface area contributed by atoms with Gasteiger partial charge in [-0.1, -0.05) is 11.6 Å². The second kappa shape index (κ2) is 3.57. The number of amides is 1. The molecule has 0 fully saturated rings. The van der Waals surface area contributed by atoms with Crippen molar-refractivity contribution >= 4 is 40.1 Å². The molecule has 0 aromatic heterocycles. The van der Waals surface area contributed by atoms with Crippen LogP contribution in [0.25, 0.3) is 0 Å². The van der Waals surface area contributed by atoms with Crippen LogP contribution in [-0.2, 0) is 0 Å². The average Bonchev–Trinajstić information content (AvgIpc) is 1.96. The zero-order chi connectivity index (χ0) is 9.30. The minimum Gasteiger partial charge on any atom is -0.366 e. The van der Waals surface area contributed by atoms with Crippen LogP contribution in [-0.4, -0.2) is 5.91 Å². The number of primary amides is 1. The summed E-state index contributed by atoms with van der Waals surface area (Å²) in [6, 6.07) is 2.48. The Balaban J connectivity index is 3.37. The lowest BCUT2D eigenvalue weighted by Crippen LogP contribution is -2.13. The number of carbonyl (C=O) groups excluding carboxylic acids is 1. The Kier molecular flexibility index (Phi) is 2.89. The van der Waals surface area contributed by atoms with E-state index >= 15 is 0 Å². The van der Waals surface area contributed by atoms with Gasteiger partial charge < -0.3 is 5.73 Å². The number of nitrogens with two attached hydrogens (primary N) is 1. The summed E-state index contributed by atoms with van der Waals surface area (Å²) in [5, 5.41) is 0.168. The van der Waals surface area contributed by atoms with Crippen molar-refractivity contribution in [3.8, 4) is 0 Å². The lowest BCUT2D eigenvalue weighted by Gasteiger charge is -2.01. The molecule has 1 aromatic carbocycles. The molecule has 64 valence electrons. The Labute approximate surface area is 87.0 Å². The molecule has 0 unspecified atom stereocenters. The standard InChI is InChI=1S/C7H4ClFINO/c8-3-1-4(7(11)12)6(10)5(9)2-3/h1-2H,(H2,11,12). The highest BCUT2D eigenvalue weighted by molar-refractivity contribution is 14.1. The SMILES string of the molecule is NC(=O)c1cc(Cl)cc(F)c1I. The Hall–Kier alpha value is -0.360. The van der Waals surface area contributed by atoms with Crippen molar-refractivity contribution in [2.75, 3.05) is 0 Å². The first-order chi connectivity index (χ1) is 5.52. The fourth-order valence-corrected chi connectivity index (χ4v) is 1.52. The quantitative estimate of drug-likeness (QED) is 0.627. The fraction of sp³-hybridized carbons (Fsp3) is 0. The van der Waals surface area contributed by atoms with Gasteiger partial charge in [-0.15, -0.1) is 0 Å². The Morgan fingerprint density at radius 2 is 2.17 bits per heavy atom. The molecule has 1 amide bonds. The minimum absolute atomic E-state index is 0.112. The summed E-state index contributed by atoms with van der Waals surface area (Å²) in [6.07, 6.45) is 0. The zero-order valence-electron chi connectivity index (χ0n) is 5.77. The van der Waals surface area contributed by atoms with Crippen molar-refractivity contribution in [3.63, 3.8) is 0 Å². The number of benzene rings is 1. The summed E-state index contributed by atoms with van der Waals surface area (Å²) in [6.45, 7) is 0. The number of carbonyl (C=O) groups is 1. The smallest absolute Gasteiger partial charge is 0.249 e. The van der Waals surface area contributed by atoms with E-state index in [0.717, 1.165) is 6.07 Å². The van der Waals surface area contributed by atoms with E-state index < -0.39 is 11.7 Å². The van der Waals surface area contributed by atoms with Crippen molar-refractivity contribution in [2.45, 2.75) is 0 Å². The van der Waals surface area contributed by atoms with Gasteiger partial charge in [-0.3, -0.25) is 4.79 Å².